The maximum Gasteiger partial charge on any atom is 0.136 e. The van der Waals surface area contributed by atoms with Crippen molar-refractivity contribution in [1.29, 1.82) is 0 Å². The molecule has 0 spiro atoms. The van der Waals surface area contributed by atoms with Gasteiger partial charge in [0.05, 0.1) is 0 Å². The van der Waals surface area contributed by atoms with Gasteiger partial charge in [-0.15, -0.1) is 0 Å². The van der Waals surface area contributed by atoms with Gasteiger partial charge in [-0.2, -0.15) is 0 Å². The zero-order valence-electron chi connectivity index (χ0n) is 22.0. The summed E-state index contributed by atoms with van der Waals surface area (Å²) in [6.07, 6.45) is 16.7. The lowest BCUT2D eigenvalue weighted by Gasteiger charge is -2.72. The molecule has 31 heavy (non-hydrogen) atoms. The Balaban J connectivity index is 1.61. The number of carbonyl (C=O) groups excluding carboxylic acids is 1. The van der Waals surface area contributed by atoms with Gasteiger partial charge in [-0.05, 0) is 117 Å². The molecule has 0 aromatic heterocycles. The number of Topliss-reactive ketones (excluding diaryl/α,β-unsaturated/α-hetero) is 1. The van der Waals surface area contributed by atoms with Gasteiger partial charge >= 0.3 is 0 Å². The van der Waals surface area contributed by atoms with E-state index in [2.05, 4.69) is 61.5 Å². The van der Waals surface area contributed by atoms with E-state index < -0.39 is 0 Å². The van der Waals surface area contributed by atoms with Gasteiger partial charge in [-0.25, -0.2) is 0 Å². The van der Waals surface area contributed by atoms with Gasteiger partial charge in [0, 0.05) is 12.3 Å². The van der Waals surface area contributed by atoms with Crippen molar-refractivity contribution in [3.63, 3.8) is 0 Å². The lowest BCUT2D eigenvalue weighted by Crippen LogP contribution is -2.64. The molecule has 4 aliphatic carbocycles. The molecule has 0 saturated heterocycles. The van der Waals surface area contributed by atoms with Crippen molar-refractivity contribution in [3.05, 3.63) is 11.6 Å². The van der Waals surface area contributed by atoms with Crippen LogP contribution in [0.5, 0.6) is 0 Å². The summed E-state index contributed by atoms with van der Waals surface area (Å²) in [5, 5.41) is 0. The van der Waals surface area contributed by atoms with Crippen molar-refractivity contribution < 1.29 is 4.79 Å². The third kappa shape index (κ3) is 3.42. The van der Waals surface area contributed by atoms with Crippen LogP contribution in [-0.2, 0) is 4.79 Å². The fourth-order valence-electron chi connectivity index (χ4n) is 9.93. The van der Waals surface area contributed by atoms with Crippen LogP contribution in [0, 0.1) is 44.8 Å². The highest BCUT2D eigenvalue weighted by Gasteiger charge is 2.67. The molecular formula is C30H50O. The summed E-state index contributed by atoms with van der Waals surface area (Å²) >= 11 is 0. The van der Waals surface area contributed by atoms with Crippen molar-refractivity contribution >= 4 is 5.78 Å². The van der Waals surface area contributed by atoms with Crippen LogP contribution in [-0.4, -0.2) is 5.78 Å². The molecule has 0 aromatic rings. The average Bonchev–Trinajstić information content (AvgIpc) is 2.67. The van der Waals surface area contributed by atoms with Crippen molar-refractivity contribution in [1.82, 2.24) is 0 Å². The fourth-order valence-corrected chi connectivity index (χ4v) is 9.93. The number of fused-ring (bicyclic) bond motifs is 5. The van der Waals surface area contributed by atoms with Gasteiger partial charge in [0.2, 0.25) is 0 Å². The maximum absolute atomic E-state index is 12.7. The second-order valence-electron chi connectivity index (χ2n) is 14.2. The Morgan fingerprint density at radius 2 is 1.61 bits per heavy atom. The largest absolute Gasteiger partial charge is 0.299 e. The normalized spacial score (nSPS) is 52.0. The minimum Gasteiger partial charge on any atom is -0.299 e. The predicted molar refractivity (Wildman–Crippen MR) is 132 cm³/mol. The number of ketones is 1. The zero-order chi connectivity index (χ0) is 22.9. The van der Waals surface area contributed by atoms with Gasteiger partial charge in [0.15, 0.2) is 0 Å². The molecule has 8 atom stereocenters. The molecule has 0 bridgehead atoms. The topological polar surface area (TPSA) is 17.1 Å². The van der Waals surface area contributed by atoms with Gasteiger partial charge in [0.25, 0.3) is 0 Å². The van der Waals surface area contributed by atoms with E-state index in [1.807, 2.05) is 0 Å². The predicted octanol–water partition coefficient (Wildman–Crippen LogP) is 8.77. The first-order chi connectivity index (χ1) is 14.3. The van der Waals surface area contributed by atoms with Crippen LogP contribution < -0.4 is 0 Å². The van der Waals surface area contributed by atoms with Crippen LogP contribution >= 0.6 is 0 Å². The minimum atomic E-state index is 0.234. The molecule has 0 aromatic carbocycles. The van der Waals surface area contributed by atoms with E-state index in [0.717, 1.165) is 24.7 Å². The summed E-state index contributed by atoms with van der Waals surface area (Å²) in [6, 6.07) is 0. The van der Waals surface area contributed by atoms with Crippen LogP contribution in [0.1, 0.15) is 126 Å². The Bertz CT molecular complexity index is 760. The number of rotatable bonds is 3. The Labute approximate surface area is 193 Å². The lowest BCUT2D eigenvalue weighted by molar-refractivity contribution is -0.225. The molecule has 176 valence electrons. The quantitative estimate of drug-likeness (QED) is 0.412. The summed E-state index contributed by atoms with van der Waals surface area (Å²) in [6.45, 7) is 19.8. The Kier molecular flexibility index (Phi) is 5.67. The SMILES string of the molecule is CC(C)=CCC[C@]1(C)CCC2(C)[C@H]3CCC4(C)C(C)C(=O)CC[C@H]4[C@]3(C)CC[C@@]2(C)C1. The van der Waals surface area contributed by atoms with E-state index in [9.17, 15) is 4.79 Å². The van der Waals surface area contributed by atoms with Gasteiger partial charge < -0.3 is 0 Å². The summed E-state index contributed by atoms with van der Waals surface area (Å²) in [5.74, 6) is 2.37. The molecule has 0 N–H and O–H groups in total. The lowest BCUT2D eigenvalue weighted by atomic mass is 9.33. The van der Waals surface area contributed by atoms with Crippen LogP contribution in [0.2, 0.25) is 0 Å². The molecule has 4 rings (SSSR count). The van der Waals surface area contributed by atoms with E-state index in [0.29, 0.717) is 27.4 Å². The number of hydrogen-bond acceptors (Lipinski definition) is 1. The molecule has 4 aliphatic rings. The first-order valence-electron chi connectivity index (χ1n) is 13.5. The molecule has 0 aliphatic heterocycles. The Hall–Kier alpha value is -0.590. The molecule has 0 heterocycles. The standard InChI is InChI=1S/C30H50O/c1-21(2)10-9-14-26(4)16-19-30(8)25-13-15-28(6)22(3)23(31)11-12-24(28)29(25,7)18-17-27(30,5)20-26/h10,22,24-25H,9,11-20H2,1-8H3/t22?,24-,25+,26-,27+,28?,29+,30?/m1/s1. The van der Waals surface area contributed by atoms with Crippen LogP contribution in [0.15, 0.2) is 11.6 Å². The third-order valence-corrected chi connectivity index (χ3v) is 12.2. The molecule has 0 amide bonds. The summed E-state index contributed by atoms with van der Waals surface area (Å²) in [7, 11) is 0. The van der Waals surface area contributed by atoms with Crippen molar-refractivity contribution in [2.75, 3.05) is 0 Å². The average molecular weight is 427 g/mol. The van der Waals surface area contributed by atoms with Crippen LogP contribution in [0.3, 0.4) is 0 Å². The Morgan fingerprint density at radius 3 is 2.29 bits per heavy atom. The van der Waals surface area contributed by atoms with Crippen LogP contribution in [0.25, 0.3) is 0 Å². The van der Waals surface area contributed by atoms with E-state index in [4.69, 9.17) is 0 Å². The van der Waals surface area contributed by atoms with E-state index in [-0.39, 0.29) is 11.3 Å². The smallest absolute Gasteiger partial charge is 0.136 e. The maximum atomic E-state index is 12.7. The van der Waals surface area contributed by atoms with E-state index in [1.54, 1.807) is 0 Å². The second kappa shape index (κ2) is 7.46. The summed E-state index contributed by atoms with van der Waals surface area (Å²) in [5.41, 5.74) is 3.56. The number of allylic oxidation sites excluding steroid dienone is 2. The highest BCUT2D eigenvalue weighted by molar-refractivity contribution is 5.82. The van der Waals surface area contributed by atoms with Crippen LogP contribution in [0.4, 0.5) is 0 Å². The molecule has 1 nitrogen and oxygen atoms in total. The Morgan fingerprint density at radius 1 is 0.903 bits per heavy atom. The highest BCUT2D eigenvalue weighted by atomic mass is 16.1. The number of carbonyl (C=O) groups is 1. The minimum absolute atomic E-state index is 0.234. The van der Waals surface area contributed by atoms with E-state index >= 15 is 0 Å². The molecule has 4 fully saturated rings. The van der Waals surface area contributed by atoms with Crippen molar-refractivity contribution in [2.24, 2.45) is 44.8 Å². The number of hydrogen-bond donors (Lipinski definition) is 0. The fraction of sp³-hybridized carbons (Fsp3) is 0.900. The summed E-state index contributed by atoms with van der Waals surface area (Å²) in [4.78, 5) is 12.7. The molecule has 1 heteroatoms. The van der Waals surface area contributed by atoms with Crippen molar-refractivity contribution in [3.8, 4) is 0 Å². The highest BCUT2D eigenvalue weighted by Crippen LogP contribution is 2.75. The third-order valence-electron chi connectivity index (χ3n) is 12.2. The summed E-state index contributed by atoms with van der Waals surface area (Å²) < 4.78 is 0. The molecule has 3 unspecified atom stereocenters. The van der Waals surface area contributed by atoms with Gasteiger partial charge in [0.1, 0.15) is 5.78 Å². The zero-order valence-corrected chi connectivity index (χ0v) is 22.0. The first-order valence-corrected chi connectivity index (χ1v) is 13.5. The van der Waals surface area contributed by atoms with Gasteiger partial charge in [-0.3, -0.25) is 4.79 Å². The van der Waals surface area contributed by atoms with Gasteiger partial charge in [-0.1, -0.05) is 53.2 Å². The molecular weight excluding hydrogens is 376 g/mol. The first kappa shape index (κ1) is 23.6. The van der Waals surface area contributed by atoms with Crippen molar-refractivity contribution in [2.45, 2.75) is 126 Å². The van der Waals surface area contributed by atoms with E-state index in [1.165, 1.54) is 63.4 Å². The molecule has 4 saturated carbocycles. The second-order valence-corrected chi connectivity index (χ2v) is 14.2. The monoisotopic (exact) mass is 426 g/mol. The molecule has 0 radical (unpaired) electrons.